The van der Waals surface area contributed by atoms with Gasteiger partial charge in [-0.25, -0.2) is 4.39 Å². The maximum absolute atomic E-state index is 14.2. The van der Waals surface area contributed by atoms with Crippen molar-refractivity contribution in [3.8, 4) is 5.69 Å². The van der Waals surface area contributed by atoms with Gasteiger partial charge in [0, 0.05) is 31.9 Å². The van der Waals surface area contributed by atoms with Crippen LogP contribution in [0, 0.1) is 10.6 Å². The second kappa shape index (κ2) is 8.28. The van der Waals surface area contributed by atoms with E-state index in [9.17, 15) is 9.18 Å². The summed E-state index contributed by atoms with van der Waals surface area (Å²) in [6.07, 6.45) is 5.59. The predicted molar refractivity (Wildman–Crippen MR) is 118 cm³/mol. The van der Waals surface area contributed by atoms with Crippen LogP contribution in [0.15, 0.2) is 36.7 Å². The first-order valence-corrected chi connectivity index (χ1v) is 10.7. The number of halogens is 1. The van der Waals surface area contributed by atoms with Gasteiger partial charge < -0.3 is 14.8 Å². The summed E-state index contributed by atoms with van der Waals surface area (Å²) in [5.41, 5.74) is 2.62. The first-order chi connectivity index (χ1) is 14.4. The number of benzene rings is 1. The Hall–Kier alpha value is -2.58. The van der Waals surface area contributed by atoms with Gasteiger partial charge in [0.25, 0.3) is 5.91 Å². The van der Waals surface area contributed by atoms with E-state index in [0.29, 0.717) is 10.5 Å². The molecule has 1 aromatic carbocycles. The predicted octanol–water partition coefficient (Wildman–Crippen LogP) is 4.10. The molecular formula is C22H26FN5OS. The molecule has 1 aliphatic heterocycles. The number of hydrogen-bond acceptors (Lipinski definition) is 4. The molecule has 0 bridgehead atoms. The van der Waals surface area contributed by atoms with Crippen LogP contribution >= 0.6 is 12.2 Å². The largest absolute Gasteiger partial charge is 0.339 e. The number of carbonyl (C=O) groups excluding carboxylic acids is 1. The number of rotatable bonds is 4. The zero-order valence-corrected chi connectivity index (χ0v) is 18.2. The molecule has 158 valence electrons. The maximum atomic E-state index is 14.2. The average molecular weight is 428 g/mol. The molecule has 0 saturated carbocycles. The van der Waals surface area contributed by atoms with Gasteiger partial charge in [-0.3, -0.25) is 14.3 Å². The summed E-state index contributed by atoms with van der Waals surface area (Å²) < 4.78 is 18.7. The van der Waals surface area contributed by atoms with E-state index in [1.54, 1.807) is 30.4 Å². The van der Waals surface area contributed by atoms with Crippen molar-refractivity contribution in [1.29, 1.82) is 0 Å². The van der Waals surface area contributed by atoms with Crippen molar-refractivity contribution in [2.45, 2.75) is 38.8 Å². The third-order valence-corrected chi connectivity index (χ3v) is 6.22. The molecular weight excluding hydrogens is 401 g/mol. The third-order valence-electron chi connectivity index (χ3n) is 5.84. The molecule has 8 heteroatoms. The molecule has 4 rings (SSSR count). The van der Waals surface area contributed by atoms with Gasteiger partial charge in [-0.1, -0.05) is 0 Å². The summed E-state index contributed by atoms with van der Waals surface area (Å²) in [4.78, 5) is 19.1. The fourth-order valence-electron chi connectivity index (χ4n) is 4.01. The molecule has 0 spiro atoms. The van der Waals surface area contributed by atoms with Crippen LogP contribution in [0.4, 0.5) is 4.39 Å². The van der Waals surface area contributed by atoms with Crippen molar-refractivity contribution in [1.82, 2.24) is 24.3 Å². The highest BCUT2D eigenvalue weighted by Gasteiger charge is 2.25. The van der Waals surface area contributed by atoms with E-state index in [1.165, 1.54) is 12.1 Å². The van der Waals surface area contributed by atoms with E-state index in [0.717, 1.165) is 37.0 Å². The molecule has 2 aromatic heterocycles. The molecule has 30 heavy (non-hydrogen) atoms. The second-order valence-corrected chi connectivity index (χ2v) is 8.39. The topological polar surface area (TPSA) is 55.1 Å². The minimum atomic E-state index is -0.455. The van der Waals surface area contributed by atoms with Gasteiger partial charge in [0.1, 0.15) is 5.82 Å². The smallest absolute Gasteiger partial charge is 0.256 e. The number of hydrogen-bond donors (Lipinski definition) is 1. The van der Waals surface area contributed by atoms with Gasteiger partial charge in [0.2, 0.25) is 0 Å². The van der Waals surface area contributed by atoms with E-state index < -0.39 is 5.82 Å². The summed E-state index contributed by atoms with van der Waals surface area (Å²) in [5.74, 6) is -0.699. The van der Waals surface area contributed by atoms with Crippen LogP contribution in [-0.2, 0) is 0 Å². The Balaban J connectivity index is 1.96. The lowest BCUT2D eigenvalue weighted by Gasteiger charge is -2.25. The molecule has 0 aliphatic carbocycles. The van der Waals surface area contributed by atoms with Crippen molar-refractivity contribution in [2.75, 3.05) is 20.1 Å². The lowest BCUT2D eigenvalue weighted by Crippen LogP contribution is -2.33. The lowest BCUT2D eigenvalue weighted by molar-refractivity contribution is 0.0754. The molecule has 3 heterocycles. The van der Waals surface area contributed by atoms with Gasteiger partial charge >= 0.3 is 0 Å². The van der Waals surface area contributed by atoms with Crippen LogP contribution in [0.3, 0.4) is 0 Å². The Morgan fingerprint density at radius 1 is 1.33 bits per heavy atom. The number of nitrogens with one attached hydrogen (secondary N) is 1. The van der Waals surface area contributed by atoms with Crippen LogP contribution in [0.1, 0.15) is 43.1 Å². The molecule has 1 fully saturated rings. The first kappa shape index (κ1) is 20.7. The summed E-state index contributed by atoms with van der Waals surface area (Å²) in [6.45, 7) is 5.69. The summed E-state index contributed by atoms with van der Waals surface area (Å²) >= 11 is 5.90. The standard InChI is InChI=1S/C22H26FN5OS/c1-14(2)26(3)21(29)17-11-15(23)6-7-18(17)28-20-13-25-10-8-19(20)27(22(28)30)16-5-4-9-24-12-16/h6-8,10-11,13-14,16,24H,4-5,9,12H2,1-3H3. The Kier molecular flexibility index (Phi) is 5.71. The maximum Gasteiger partial charge on any atom is 0.256 e. The zero-order chi connectivity index (χ0) is 21.4. The van der Waals surface area contributed by atoms with Gasteiger partial charge in [-0.2, -0.15) is 0 Å². The highest BCUT2D eigenvalue weighted by Crippen LogP contribution is 2.30. The van der Waals surface area contributed by atoms with E-state index in [1.807, 2.05) is 24.5 Å². The number of pyridine rings is 1. The number of fused-ring (bicyclic) bond motifs is 1. The fourth-order valence-corrected chi connectivity index (χ4v) is 4.45. The molecule has 1 aliphatic rings. The van der Waals surface area contributed by atoms with Crippen LogP contribution in [0.5, 0.6) is 0 Å². The summed E-state index contributed by atoms with van der Waals surface area (Å²) in [7, 11) is 1.72. The SMILES string of the molecule is CC(C)N(C)C(=O)c1cc(F)ccc1-n1c(=S)n(C2CCCNC2)c2ccncc21. The van der Waals surface area contributed by atoms with E-state index in [4.69, 9.17) is 12.2 Å². The Morgan fingerprint density at radius 2 is 2.13 bits per heavy atom. The number of imidazole rings is 1. The Bertz CT molecular complexity index is 1150. The summed E-state index contributed by atoms with van der Waals surface area (Å²) in [5, 5.41) is 3.44. The molecule has 1 atom stereocenters. The van der Waals surface area contributed by atoms with Gasteiger partial charge in [0.15, 0.2) is 4.77 Å². The Morgan fingerprint density at radius 3 is 2.83 bits per heavy atom. The lowest BCUT2D eigenvalue weighted by atomic mass is 10.1. The monoisotopic (exact) mass is 427 g/mol. The van der Waals surface area contributed by atoms with Crippen LogP contribution < -0.4 is 5.32 Å². The molecule has 0 radical (unpaired) electrons. The number of aromatic nitrogens is 3. The molecule has 6 nitrogen and oxygen atoms in total. The van der Waals surface area contributed by atoms with Gasteiger partial charge in [-0.05, 0) is 69.7 Å². The van der Waals surface area contributed by atoms with Gasteiger partial charge in [0.05, 0.1) is 28.5 Å². The second-order valence-electron chi connectivity index (χ2n) is 8.02. The van der Waals surface area contributed by atoms with E-state index >= 15 is 0 Å². The van der Waals surface area contributed by atoms with E-state index in [-0.39, 0.29) is 23.6 Å². The van der Waals surface area contributed by atoms with Crippen LogP contribution in [0.25, 0.3) is 16.7 Å². The number of carbonyl (C=O) groups is 1. The molecule has 1 saturated heterocycles. The highest BCUT2D eigenvalue weighted by atomic mass is 32.1. The molecule has 1 unspecified atom stereocenters. The minimum absolute atomic E-state index is 0.0158. The van der Waals surface area contributed by atoms with Crippen molar-refractivity contribution < 1.29 is 9.18 Å². The van der Waals surface area contributed by atoms with Crippen molar-refractivity contribution in [3.63, 3.8) is 0 Å². The fraction of sp³-hybridized carbons (Fsp3) is 0.409. The number of amides is 1. The average Bonchev–Trinajstić information content (AvgIpc) is 3.05. The van der Waals surface area contributed by atoms with Crippen LogP contribution in [-0.4, -0.2) is 51.1 Å². The number of nitrogens with zero attached hydrogens (tertiary/aromatic N) is 4. The van der Waals surface area contributed by atoms with Crippen LogP contribution in [0.2, 0.25) is 0 Å². The molecule has 1 amide bonds. The zero-order valence-electron chi connectivity index (χ0n) is 17.4. The third kappa shape index (κ3) is 3.54. The van der Waals surface area contributed by atoms with E-state index in [2.05, 4.69) is 14.9 Å². The number of piperidine rings is 1. The van der Waals surface area contributed by atoms with Crippen molar-refractivity contribution in [2.24, 2.45) is 0 Å². The summed E-state index contributed by atoms with van der Waals surface area (Å²) in [6, 6.07) is 6.43. The highest BCUT2D eigenvalue weighted by molar-refractivity contribution is 7.71. The normalized spacial score (nSPS) is 16.9. The minimum Gasteiger partial charge on any atom is -0.339 e. The Labute approximate surface area is 180 Å². The van der Waals surface area contributed by atoms with Crippen molar-refractivity contribution in [3.05, 3.63) is 52.8 Å². The molecule has 1 N–H and O–H groups in total. The van der Waals surface area contributed by atoms with Gasteiger partial charge in [-0.15, -0.1) is 0 Å². The van der Waals surface area contributed by atoms with Crippen molar-refractivity contribution >= 4 is 29.2 Å². The quantitative estimate of drug-likeness (QED) is 0.637. The molecule has 3 aromatic rings. The first-order valence-electron chi connectivity index (χ1n) is 10.2.